The average molecular weight is 265 g/mol. The molecule has 0 aromatic carbocycles. The van der Waals surface area contributed by atoms with Gasteiger partial charge in [-0.15, -0.1) is 0 Å². The molecule has 2 aliphatic heterocycles. The molecular weight excluding hydrogens is 242 g/mol. The summed E-state index contributed by atoms with van der Waals surface area (Å²) < 4.78 is 11.4. The summed E-state index contributed by atoms with van der Waals surface area (Å²) >= 11 is 0. The first-order chi connectivity index (χ1) is 9.19. The van der Waals surface area contributed by atoms with E-state index in [0.717, 1.165) is 31.9 Å². The Kier molecular flexibility index (Phi) is 3.58. The molecule has 1 N–H and O–H groups in total. The molecule has 2 aliphatic rings. The normalized spacial score (nSPS) is 36.3. The third kappa shape index (κ3) is 2.54. The fourth-order valence-electron chi connectivity index (χ4n) is 3.07. The zero-order chi connectivity index (χ0) is 13.3. The molecule has 2 fully saturated rings. The maximum atomic E-state index is 5.87. The average Bonchev–Trinajstić information content (AvgIpc) is 2.90. The van der Waals surface area contributed by atoms with Crippen molar-refractivity contribution < 1.29 is 9.26 Å². The lowest BCUT2D eigenvalue weighted by Gasteiger charge is -2.30. The summed E-state index contributed by atoms with van der Waals surface area (Å²) in [5, 5.41) is 7.65. The minimum absolute atomic E-state index is 0.196. The Morgan fingerprint density at radius 1 is 1.32 bits per heavy atom. The van der Waals surface area contributed by atoms with Crippen molar-refractivity contribution in [1.29, 1.82) is 0 Å². The first-order valence-electron chi connectivity index (χ1n) is 7.40. The Hall–Kier alpha value is -0.940. The zero-order valence-electron chi connectivity index (χ0n) is 11.8. The number of hydrogen-bond donors (Lipinski definition) is 1. The number of hydrogen-bond acceptors (Lipinski definition) is 5. The molecule has 5 heteroatoms. The van der Waals surface area contributed by atoms with Crippen LogP contribution in [0.4, 0.5) is 0 Å². The van der Waals surface area contributed by atoms with Crippen molar-refractivity contribution in [3.63, 3.8) is 0 Å². The van der Waals surface area contributed by atoms with Crippen LogP contribution in [0.15, 0.2) is 4.52 Å². The van der Waals surface area contributed by atoms with E-state index in [1.54, 1.807) is 0 Å². The van der Waals surface area contributed by atoms with Crippen molar-refractivity contribution in [2.45, 2.75) is 57.6 Å². The van der Waals surface area contributed by atoms with Crippen molar-refractivity contribution in [2.75, 3.05) is 13.2 Å². The SMILES string of the molecule is CC1CCCNC1c1nc(C2(C)CCCCO2)no1. The van der Waals surface area contributed by atoms with Crippen LogP contribution in [-0.2, 0) is 10.3 Å². The molecule has 2 saturated heterocycles. The molecule has 0 spiro atoms. The van der Waals surface area contributed by atoms with Gasteiger partial charge in [0.25, 0.3) is 0 Å². The van der Waals surface area contributed by atoms with E-state index in [9.17, 15) is 0 Å². The van der Waals surface area contributed by atoms with Gasteiger partial charge in [-0.2, -0.15) is 4.98 Å². The zero-order valence-corrected chi connectivity index (χ0v) is 11.8. The van der Waals surface area contributed by atoms with Gasteiger partial charge >= 0.3 is 0 Å². The largest absolute Gasteiger partial charge is 0.367 e. The summed E-state index contributed by atoms with van der Waals surface area (Å²) in [5.41, 5.74) is -0.363. The maximum absolute atomic E-state index is 5.87. The molecule has 106 valence electrons. The molecular formula is C14H23N3O2. The molecule has 0 saturated carbocycles. The third-order valence-corrected chi connectivity index (χ3v) is 4.42. The molecule has 0 radical (unpaired) electrons. The minimum Gasteiger partial charge on any atom is -0.367 e. The van der Waals surface area contributed by atoms with Gasteiger partial charge in [0.1, 0.15) is 5.60 Å². The molecule has 3 heterocycles. The summed E-state index contributed by atoms with van der Waals surface area (Å²) in [6.45, 7) is 6.12. The van der Waals surface area contributed by atoms with Gasteiger partial charge < -0.3 is 14.6 Å². The van der Waals surface area contributed by atoms with Crippen LogP contribution >= 0.6 is 0 Å². The van der Waals surface area contributed by atoms with E-state index in [1.165, 1.54) is 19.3 Å². The van der Waals surface area contributed by atoms with E-state index in [0.29, 0.717) is 11.7 Å². The van der Waals surface area contributed by atoms with E-state index in [1.807, 2.05) is 0 Å². The lowest BCUT2D eigenvalue weighted by atomic mass is 9.92. The highest BCUT2D eigenvalue weighted by atomic mass is 16.5. The number of piperidine rings is 1. The molecule has 0 amide bonds. The van der Waals surface area contributed by atoms with Crippen LogP contribution < -0.4 is 5.32 Å². The molecule has 0 aliphatic carbocycles. The van der Waals surface area contributed by atoms with Crippen LogP contribution in [0.5, 0.6) is 0 Å². The lowest BCUT2D eigenvalue weighted by molar-refractivity contribution is -0.0770. The highest BCUT2D eigenvalue weighted by Gasteiger charge is 2.36. The highest BCUT2D eigenvalue weighted by Crippen LogP contribution is 2.34. The van der Waals surface area contributed by atoms with E-state index in [2.05, 4.69) is 29.3 Å². The van der Waals surface area contributed by atoms with Crippen molar-refractivity contribution in [3.8, 4) is 0 Å². The molecule has 5 nitrogen and oxygen atoms in total. The van der Waals surface area contributed by atoms with E-state index in [4.69, 9.17) is 9.26 Å². The Bertz CT molecular complexity index is 426. The van der Waals surface area contributed by atoms with Gasteiger partial charge in [-0.05, 0) is 51.5 Å². The number of ether oxygens (including phenoxy) is 1. The molecule has 3 rings (SSSR count). The van der Waals surface area contributed by atoms with Crippen LogP contribution in [0, 0.1) is 5.92 Å². The maximum Gasteiger partial charge on any atom is 0.244 e. The van der Waals surface area contributed by atoms with Crippen LogP contribution in [0.2, 0.25) is 0 Å². The smallest absolute Gasteiger partial charge is 0.244 e. The highest BCUT2D eigenvalue weighted by molar-refractivity contribution is 5.04. The summed E-state index contributed by atoms with van der Waals surface area (Å²) in [6.07, 6.45) is 5.70. The third-order valence-electron chi connectivity index (χ3n) is 4.42. The monoisotopic (exact) mass is 265 g/mol. The number of nitrogens with zero attached hydrogens (tertiary/aromatic N) is 2. The van der Waals surface area contributed by atoms with Gasteiger partial charge in [0.2, 0.25) is 11.7 Å². The summed E-state index contributed by atoms with van der Waals surface area (Å²) in [7, 11) is 0. The summed E-state index contributed by atoms with van der Waals surface area (Å²) in [4.78, 5) is 4.61. The summed E-state index contributed by atoms with van der Waals surface area (Å²) in [6, 6.07) is 0.196. The van der Waals surface area contributed by atoms with Crippen molar-refractivity contribution in [1.82, 2.24) is 15.5 Å². The van der Waals surface area contributed by atoms with Gasteiger partial charge in [0, 0.05) is 6.61 Å². The quantitative estimate of drug-likeness (QED) is 0.890. The first kappa shape index (κ1) is 13.1. The Morgan fingerprint density at radius 2 is 2.21 bits per heavy atom. The second-order valence-corrected chi connectivity index (χ2v) is 6.04. The van der Waals surface area contributed by atoms with Crippen molar-refractivity contribution >= 4 is 0 Å². The Morgan fingerprint density at radius 3 is 2.95 bits per heavy atom. The van der Waals surface area contributed by atoms with E-state index in [-0.39, 0.29) is 11.6 Å². The minimum atomic E-state index is -0.363. The van der Waals surface area contributed by atoms with E-state index >= 15 is 0 Å². The Labute approximate surface area is 114 Å². The molecule has 3 unspecified atom stereocenters. The lowest BCUT2D eigenvalue weighted by Crippen LogP contribution is -2.34. The van der Waals surface area contributed by atoms with Gasteiger partial charge in [0.05, 0.1) is 6.04 Å². The van der Waals surface area contributed by atoms with Crippen molar-refractivity contribution in [3.05, 3.63) is 11.7 Å². The van der Waals surface area contributed by atoms with Crippen LogP contribution in [0.1, 0.15) is 63.7 Å². The molecule has 1 aromatic rings. The number of rotatable bonds is 2. The fraction of sp³-hybridized carbons (Fsp3) is 0.857. The van der Waals surface area contributed by atoms with Gasteiger partial charge in [-0.1, -0.05) is 12.1 Å². The summed E-state index contributed by atoms with van der Waals surface area (Å²) in [5.74, 6) is 1.97. The molecule has 0 bridgehead atoms. The van der Waals surface area contributed by atoms with Crippen molar-refractivity contribution in [2.24, 2.45) is 5.92 Å². The topological polar surface area (TPSA) is 60.2 Å². The molecule has 19 heavy (non-hydrogen) atoms. The number of nitrogens with one attached hydrogen (secondary N) is 1. The van der Waals surface area contributed by atoms with Gasteiger partial charge in [0.15, 0.2) is 0 Å². The Balaban J connectivity index is 1.78. The first-order valence-corrected chi connectivity index (χ1v) is 7.40. The standard InChI is InChI=1S/C14H23N3O2/c1-10-6-5-8-15-11(10)12-16-13(17-19-12)14(2)7-3-4-9-18-14/h10-11,15H,3-9H2,1-2H3. The predicted molar refractivity (Wildman–Crippen MR) is 70.6 cm³/mol. The number of aromatic nitrogens is 2. The van der Waals surface area contributed by atoms with Crippen LogP contribution in [0.3, 0.4) is 0 Å². The van der Waals surface area contributed by atoms with Gasteiger partial charge in [-0.3, -0.25) is 0 Å². The molecule has 1 aromatic heterocycles. The van der Waals surface area contributed by atoms with Gasteiger partial charge in [-0.25, -0.2) is 0 Å². The fourth-order valence-corrected chi connectivity index (χ4v) is 3.07. The van der Waals surface area contributed by atoms with Crippen LogP contribution in [-0.4, -0.2) is 23.3 Å². The van der Waals surface area contributed by atoms with E-state index < -0.39 is 0 Å². The molecule has 3 atom stereocenters. The predicted octanol–water partition coefficient (Wildman–Crippen LogP) is 2.55. The second-order valence-electron chi connectivity index (χ2n) is 6.04. The van der Waals surface area contributed by atoms with Crippen LogP contribution in [0.25, 0.3) is 0 Å². The second kappa shape index (κ2) is 5.21.